The van der Waals surface area contributed by atoms with Gasteiger partial charge in [0.25, 0.3) is 0 Å². The van der Waals surface area contributed by atoms with Gasteiger partial charge < -0.3 is 10.6 Å². The van der Waals surface area contributed by atoms with Crippen molar-refractivity contribution in [3.8, 4) is 0 Å². The van der Waals surface area contributed by atoms with Crippen LogP contribution < -0.4 is 5.73 Å². The average molecular weight is 290 g/mol. The highest BCUT2D eigenvalue weighted by Crippen LogP contribution is 2.53. The van der Waals surface area contributed by atoms with Gasteiger partial charge in [-0.25, -0.2) is 0 Å². The lowest BCUT2D eigenvalue weighted by Gasteiger charge is -2.51. The largest absolute Gasteiger partial charge is 0.369 e. The van der Waals surface area contributed by atoms with Crippen LogP contribution in [0.1, 0.15) is 51.4 Å². The third kappa shape index (κ3) is 2.47. The van der Waals surface area contributed by atoms with E-state index in [9.17, 15) is 9.59 Å². The molecule has 3 saturated carbocycles. The molecule has 0 aromatic heterocycles. The Kier molecular flexibility index (Phi) is 3.23. The summed E-state index contributed by atoms with van der Waals surface area (Å²) in [5.74, 6) is 2.57. The van der Waals surface area contributed by atoms with Crippen molar-refractivity contribution in [1.29, 1.82) is 0 Å². The van der Waals surface area contributed by atoms with Crippen LogP contribution in [0.25, 0.3) is 0 Å². The summed E-state index contributed by atoms with van der Waals surface area (Å²) < 4.78 is 0. The molecule has 1 aliphatic heterocycles. The Morgan fingerprint density at radius 1 is 0.905 bits per heavy atom. The van der Waals surface area contributed by atoms with Gasteiger partial charge in [0.05, 0.1) is 0 Å². The molecule has 4 atom stereocenters. The molecule has 0 bridgehead atoms. The maximum absolute atomic E-state index is 12.9. The van der Waals surface area contributed by atoms with E-state index in [1.54, 1.807) is 0 Å². The van der Waals surface area contributed by atoms with Crippen molar-refractivity contribution in [2.75, 3.05) is 6.54 Å². The third-order valence-electron chi connectivity index (χ3n) is 6.25. The van der Waals surface area contributed by atoms with Crippen LogP contribution in [0.15, 0.2) is 0 Å². The lowest BCUT2D eigenvalue weighted by Crippen LogP contribution is -2.62. The van der Waals surface area contributed by atoms with Gasteiger partial charge in [0.1, 0.15) is 0 Å². The monoisotopic (exact) mass is 290 g/mol. The maximum atomic E-state index is 12.9. The summed E-state index contributed by atoms with van der Waals surface area (Å²) in [5.41, 5.74) is 5.44. The smallest absolute Gasteiger partial charge is 0.225 e. The summed E-state index contributed by atoms with van der Waals surface area (Å²) in [4.78, 5) is 26.4. The lowest BCUT2D eigenvalue weighted by molar-refractivity contribution is -0.152. The Morgan fingerprint density at radius 2 is 1.57 bits per heavy atom. The van der Waals surface area contributed by atoms with Gasteiger partial charge in [-0.05, 0) is 56.8 Å². The summed E-state index contributed by atoms with van der Waals surface area (Å²) in [5, 5.41) is 0. The number of carbonyl (C=O) groups excluding carboxylic acids is 2. The number of primary amides is 1. The Labute approximate surface area is 126 Å². The van der Waals surface area contributed by atoms with Crippen LogP contribution >= 0.6 is 0 Å². The van der Waals surface area contributed by atoms with Gasteiger partial charge in [0.2, 0.25) is 11.8 Å². The molecule has 4 fully saturated rings. The molecule has 1 saturated heterocycles. The lowest BCUT2D eigenvalue weighted by atomic mass is 9.76. The summed E-state index contributed by atoms with van der Waals surface area (Å²) in [6.45, 7) is 0.988. The maximum Gasteiger partial charge on any atom is 0.225 e. The van der Waals surface area contributed by atoms with Gasteiger partial charge in [-0.2, -0.15) is 0 Å². The Balaban J connectivity index is 1.41. The number of likely N-dealkylation sites (tertiary alicyclic amines) is 1. The number of hydrogen-bond acceptors (Lipinski definition) is 2. The molecule has 4 heteroatoms. The molecule has 2 amide bonds. The number of hydrogen-bond donors (Lipinski definition) is 1. The molecule has 21 heavy (non-hydrogen) atoms. The molecule has 0 aromatic rings. The molecule has 0 aromatic carbocycles. The van der Waals surface area contributed by atoms with Crippen LogP contribution in [0, 0.1) is 29.6 Å². The van der Waals surface area contributed by atoms with Gasteiger partial charge in [0, 0.05) is 30.3 Å². The number of nitrogens with two attached hydrogens (primary N) is 1. The van der Waals surface area contributed by atoms with Crippen molar-refractivity contribution < 1.29 is 9.59 Å². The minimum Gasteiger partial charge on any atom is -0.369 e. The second kappa shape index (κ2) is 4.99. The fourth-order valence-corrected chi connectivity index (χ4v) is 4.69. The third-order valence-corrected chi connectivity index (χ3v) is 6.25. The highest BCUT2D eigenvalue weighted by atomic mass is 16.2. The van der Waals surface area contributed by atoms with Crippen molar-refractivity contribution in [1.82, 2.24) is 4.90 Å². The van der Waals surface area contributed by atoms with Crippen molar-refractivity contribution in [3.05, 3.63) is 0 Å². The standard InChI is InChI=1S/C17H26N2O2/c18-16(20)12-2-1-3-13(8-12)17(21)19-9-14(10-4-5-10)15(19)11-6-7-11/h10-15H,1-9H2,(H2,18,20). The Hall–Kier alpha value is -1.06. The SMILES string of the molecule is NC(=O)C1CCCC(C(=O)N2CC(C3CC3)C2C2CC2)C1. The van der Waals surface area contributed by atoms with E-state index in [0.29, 0.717) is 18.4 Å². The first kappa shape index (κ1) is 13.6. The Bertz CT molecular complexity index is 456. The van der Waals surface area contributed by atoms with Crippen LogP contribution in [0.4, 0.5) is 0 Å². The van der Waals surface area contributed by atoms with E-state index < -0.39 is 0 Å². The predicted octanol–water partition coefficient (Wildman–Crippen LogP) is 1.93. The van der Waals surface area contributed by atoms with E-state index in [1.807, 2.05) is 0 Å². The highest BCUT2D eigenvalue weighted by Gasteiger charge is 2.55. The molecule has 4 aliphatic rings. The predicted molar refractivity (Wildman–Crippen MR) is 79.1 cm³/mol. The molecule has 116 valence electrons. The summed E-state index contributed by atoms with van der Waals surface area (Å²) in [6, 6.07) is 0.541. The second-order valence-electron chi connectivity index (χ2n) is 7.78. The summed E-state index contributed by atoms with van der Waals surface area (Å²) >= 11 is 0. The van der Waals surface area contributed by atoms with Crippen LogP contribution in [0.3, 0.4) is 0 Å². The highest BCUT2D eigenvalue weighted by molar-refractivity contribution is 5.82. The summed E-state index contributed by atoms with van der Waals surface area (Å²) in [6.07, 6.45) is 8.86. The first-order valence-electron chi connectivity index (χ1n) is 8.75. The van der Waals surface area contributed by atoms with E-state index in [1.165, 1.54) is 25.7 Å². The van der Waals surface area contributed by atoms with Gasteiger partial charge >= 0.3 is 0 Å². The summed E-state index contributed by atoms with van der Waals surface area (Å²) in [7, 11) is 0. The van der Waals surface area contributed by atoms with Crippen LogP contribution in [-0.4, -0.2) is 29.3 Å². The van der Waals surface area contributed by atoms with E-state index in [0.717, 1.165) is 43.6 Å². The fraction of sp³-hybridized carbons (Fsp3) is 0.882. The zero-order valence-corrected chi connectivity index (χ0v) is 12.7. The number of nitrogens with zero attached hydrogens (tertiary/aromatic N) is 1. The zero-order chi connectivity index (χ0) is 14.6. The second-order valence-corrected chi connectivity index (χ2v) is 7.78. The average Bonchev–Trinajstić information content (AvgIpc) is 3.31. The van der Waals surface area contributed by atoms with E-state index in [2.05, 4.69) is 4.90 Å². The quantitative estimate of drug-likeness (QED) is 0.860. The zero-order valence-electron chi connectivity index (χ0n) is 12.7. The van der Waals surface area contributed by atoms with Crippen LogP contribution in [-0.2, 0) is 9.59 Å². The first-order chi connectivity index (χ1) is 10.1. The number of carbonyl (C=O) groups is 2. The molecule has 1 heterocycles. The van der Waals surface area contributed by atoms with Gasteiger partial charge in [-0.3, -0.25) is 9.59 Å². The van der Waals surface area contributed by atoms with Crippen molar-refractivity contribution in [3.63, 3.8) is 0 Å². The van der Waals surface area contributed by atoms with Crippen molar-refractivity contribution >= 4 is 11.8 Å². The first-order valence-corrected chi connectivity index (χ1v) is 8.75. The minimum atomic E-state index is -0.217. The topological polar surface area (TPSA) is 63.4 Å². The molecule has 4 nitrogen and oxygen atoms in total. The van der Waals surface area contributed by atoms with E-state index in [4.69, 9.17) is 5.73 Å². The van der Waals surface area contributed by atoms with Crippen LogP contribution in [0.2, 0.25) is 0 Å². The molecule has 4 rings (SSSR count). The number of amides is 2. The van der Waals surface area contributed by atoms with E-state index >= 15 is 0 Å². The molecule has 2 N–H and O–H groups in total. The van der Waals surface area contributed by atoms with Crippen LogP contribution in [0.5, 0.6) is 0 Å². The molecule has 3 aliphatic carbocycles. The number of rotatable bonds is 4. The van der Waals surface area contributed by atoms with E-state index in [-0.39, 0.29) is 17.7 Å². The van der Waals surface area contributed by atoms with Gasteiger partial charge in [0.15, 0.2) is 0 Å². The minimum absolute atomic E-state index is 0.0534. The van der Waals surface area contributed by atoms with Crippen molar-refractivity contribution in [2.24, 2.45) is 35.3 Å². The van der Waals surface area contributed by atoms with Gasteiger partial charge in [-0.1, -0.05) is 6.42 Å². The van der Waals surface area contributed by atoms with Gasteiger partial charge in [-0.15, -0.1) is 0 Å². The molecule has 0 radical (unpaired) electrons. The van der Waals surface area contributed by atoms with Crippen molar-refractivity contribution in [2.45, 2.75) is 57.4 Å². The normalized spacial score (nSPS) is 39.7. The molecule has 0 spiro atoms. The molecular formula is C17H26N2O2. The fourth-order valence-electron chi connectivity index (χ4n) is 4.69. The Morgan fingerprint density at radius 3 is 2.19 bits per heavy atom. The molecular weight excluding hydrogens is 264 g/mol. The molecule has 4 unspecified atom stereocenters.